The lowest BCUT2D eigenvalue weighted by atomic mass is 10.2. The van der Waals surface area contributed by atoms with E-state index in [9.17, 15) is 26.4 Å². The Hall–Kier alpha value is -2.55. The number of alkyl halides is 3. The van der Waals surface area contributed by atoms with E-state index in [4.69, 9.17) is 4.74 Å². The number of carbonyl (C=O) groups excluding carboxylic acids is 1. The van der Waals surface area contributed by atoms with E-state index in [1.54, 1.807) is 13.8 Å². The van der Waals surface area contributed by atoms with Crippen LogP contribution in [0.25, 0.3) is 0 Å². The van der Waals surface area contributed by atoms with Crippen molar-refractivity contribution in [2.45, 2.75) is 31.0 Å². The van der Waals surface area contributed by atoms with Gasteiger partial charge in [0.2, 0.25) is 0 Å². The fraction of sp³-hybridized carbons (Fsp3) is 0.235. The van der Waals surface area contributed by atoms with Gasteiger partial charge in [0.15, 0.2) is 0 Å². The van der Waals surface area contributed by atoms with Crippen molar-refractivity contribution in [2.75, 3.05) is 4.72 Å². The Balaban J connectivity index is 2.27. The van der Waals surface area contributed by atoms with Gasteiger partial charge in [0.1, 0.15) is 0 Å². The second-order valence-corrected chi connectivity index (χ2v) is 7.28. The Kier molecular flexibility index (Phi) is 5.60. The summed E-state index contributed by atoms with van der Waals surface area (Å²) in [5, 5.41) is 0. The topological polar surface area (TPSA) is 72.5 Å². The summed E-state index contributed by atoms with van der Waals surface area (Å²) in [6, 6.07) is 9.05. The number of hydrogen-bond acceptors (Lipinski definition) is 4. The average molecular weight is 387 g/mol. The lowest BCUT2D eigenvalue weighted by Gasteiger charge is -2.14. The van der Waals surface area contributed by atoms with Crippen LogP contribution in [0.5, 0.6) is 0 Å². The Morgan fingerprint density at radius 2 is 1.62 bits per heavy atom. The fourth-order valence-corrected chi connectivity index (χ4v) is 3.39. The van der Waals surface area contributed by atoms with Crippen LogP contribution < -0.4 is 4.72 Å². The molecule has 0 aliphatic heterocycles. The van der Waals surface area contributed by atoms with Crippen LogP contribution in [0.3, 0.4) is 0 Å². The third kappa shape index (κ3) is 4.75. The normalized spacial score (nSPS) is 12.1. The van der Waals surface area contributed by atoms with Crippen molar-refractivity contribution in [1.29, 1.82) is 0 Å². The maximum atomic E-state index is 13.0. The monoisotopic (exact) mass is 387 g/mol. The molecule has 0 fully saturated rings. The molecule has 0 aliphatic carbocycles. The summed E-state index contributed by atoms with van der Waals surface area (Å²) >= 11 is 0. The Bertz CT molecular complexity index is 891. The summed E-state index contributed by atoms with van der Waals surface area (Å²) < 4.78 is 70.8. The molecule has 0 aromatic heterocycles. The van der Waals surface area contributed by atoms with Gasteiger partial charge >= 0.3 is 12.1 Å². The zero-order chi connectivity index (χ0) is 19.5. The summed E-state index contributed by atoms with van der Waals surface area (Å²) in [5.74, 6) is -0.586. The summed E-state index contributed by atoms with van der Waals surface area (Å²) in [7, 11) is -4.47. The van der Waals surface area contributed by atoms with Crippen molar-refractivity contribution < 1.29 is 31.1 Å². The zero-order valence-electron chi connectivity index (χ0n) is 13.9. The predicted molar refractivity (Wildman–Crippen MR) is 89.2 cm³/mol. The molecule has 0 saturated heterocycles. The van der Waals surface area contributed by atoms with E-state index in [0.717, 1.165) is 12.1 Å². The molecule has 0 aliphatic rings. The molecule has 5 nitrogen and oxygen atoms in total. The van der Waals surface area contributed by atoms with Crippen LogP contribution in [0.1, 0.15) is 29.8 Å². The second kappa shape index (κ2) is 7.36. The van der Waals surface area contributed by atoms with E-state index in [1.807, 2.05) is 0 Å². The molecule has 0 spiro atoms. The minimum atomic E-state index is -4.81. The van der Waals surface area contributed by atoms with Crippen LogP contribution in [0.2, 0.25) is 0 Å². The largest absolute Gasteiger partial charge is 0.459 e. The van der Waals surface area contributed by atoms with E-state index in [0.29, 0.717) is 6.07 Å². The molecular weight excluding hydrogens is 371 g/mol. The van der Waals surface area contributed by atoms with E-state index >= 15 is 0 Å². The number of nitrogens with one attached hydrogen (secondary N) is 1. The molecule has 26 heavy (non-hydrogen) atoms. The SMILES string of the molecule is CC(C)OC(=O)c1ccc(NS(=O)(=O)c2ccccc2C(F)(F)F)cc1. The van der Waals surface area contributed by atoms with Crippen molar-refractivity contribution in [3.8, 4) is 0 Å². The molecule has 2 rings (SSSR count). The number of carbonyl (C=O) groups is 1. The van der Waals surface area contributed by atoms with E-state index in [2.05, 4.69) is 4.72 Å². The highest BCUT2D eigenvalue weighted by Crippen LogP contribution is 2.34. The maximum absolute atomic E-state index is 13.0. The van der Waals surface area contributed by atoms with Gasteiger partial charge in [-0.3, -0.25) is 4.72 Å². The number of halogens is 3. The molecule has 2 aromatic carbocycles. The van der Waals surface area contributed by atoms with Crippen LogP contribution in [0.4, 0.5) is 18.9 Å². The molecule has 9 heteroatoms. The molecule has 0 heterocycles. The van der Waals surface area contributed by atoms with Crippen LogP contribution >= 0.6 is 0 Å². The molecule has 0 bridgehead atoms. The third-order valence-corrected chi connectivity index (χ3v) is 4.64. The van der Waals surface area contributed by atoms with Crippen LogP contribution in [-0.4, -0.2) is 20.5 Å². The fourth-order valence-electron chi connectivity index (χ4n) is 2.10. The van der Waals surface area contributed by atoms with Crippen molar-refractivity contribution in [1.82, 2.24) is 0 Å². The van der Waals surface area contributed by atoms with Gasteiger partial charge in [0.05, 0.1) is 22.1 Å². The summed E-state index contributed by atoms with van der Waals surface area (Å²) in [4.78, 5) is 10.9. The zero-order valence-corrected chi connectivity index (χ0v) is 14.7. The smallest absolute Gasteiger partial charge is 0.417 e. The quantitative estimate of drug-likeness (QED) is 0.785. The summed E-state index contributed by atoms with van der Waals surface area (Å²) in [5.41, 5.74) is -1.05. The van der Waals surface area contributed by atoms with Gasteiger partial charge in [-0.25, -0.2) is 13.2 Å². The summed E-state index contributed by atoms with van der Waals surface area (Å²) in [6.07, 6.45) is -5.13. The molecule has 0 amide bonds. The molecule has 0 saturated carbocycles. The van der Waals surface area contributed by atoms with Gasteiger partial charge in [-0.15, -0.1) is 0 Å². The molecule has 140 valence electrons. The van der Waals surface area contributed by atoms with E-state index < -0.39 is 32.6 Å². The van der Waals surface area contributed by atoms with Gasteiger partial charge in [-0.1, -0.05) is 12.1 Å². The van der Waals surface area contributed by atoms with Crippen LogP contribution in [0.15, 0.2) is 53.4 Å². The van der Waals surface area contributed by atoms with Gasteiger partial charge in [0.25, 0.3) is 10.0 Å². The highest BCUT2D eigenvalue weighted by Gasteiger charge is 2.36. The van der Waals surface area contributed by atoms with Gasteiger partial charge in [0, 0.05) is 5.69 Å². The van der Waals surface area contributed by atoms with E-state index in [-0.39, 0.29) is 17.4 Å². The highest BCUT2D eigenvalue weighted by atomic mass is 32.2. The standard InChI is InChI=1S/C17H16F3NO4S/c1-11(2)25-16(22)12-7-9-13(10-8-12)21-26(23,24)15-6-4-3-5-14(15)17(18,19)20/h3-11,21H,1-2H3. The van der Waals surface area contributed by atoms with Crippen molar-refractivity contribution in [3.05, 3.63) is 59.7 Å². The molecule has 0 atom stereocenters. The van der Waals surface area contributed by atoms with Gasteiger partial charge in [-0.05, 0) is 50.2 Å². The Morgan fingerprint density at radius 1 is 1.04 bits per heavy atom. The lowest BCUT2D eigenvalue weighted by Crippen LogP contribution is -2.19. The second-order valence-electron chi connectivity index (χ2n) is 5.63. The number of hydrogen-bond donors (Lipinski definition) is 1. The number of anilines is 1. The molecule has 1 N–H and O–H groups in total. The lowest BCUT2D eigenvalue weighted by molar-refractivity contribution is -0.139. The van der Waals surface area contributed by atoms with Crippen molar-refractivity contribution >= 4 is 21.7 Å². The number of benzene rings is 2. The first-order valence-electron chi connectivity index (χ1n) is 7.51. The average Bonchev–Trinajstić information content (AvgIpc) is 2.53. The Morgan fingerprint density at radius 3 is 2.15 bits per heavy atom. The first-order chi connectivity index (χ1) is 12.0. The van der Waals surface area contributed by atoms with E-state index in [1.165, 1.54) is 30.3 Å². The Labute approximate surface area is 148 Å². The first kappa shape index (κ1) is 19.8. The maximum Gasteiger partial charge on any atom is 0.417 e. The molecule has 2 aromatic rings. The third-order valence-electron chi connectivity index (χ3n) is 3.20. The number of sulfonamides is 1. The first-order valence-corrected chi connectivity index (χ1v) is 8.99. The summed E-state index contributed by atoms with van der Waals surface area (Å²) in [6.45, 7) is 3.36. The highest BCUT2D eigenvalue weighted by molar-refractivity contribution is 7.92. The van der Waals surface area contributed by atoms with Gasteiger partial charge in [-0.2, -0.15) is 13.2 Å². The van der Waals surface area contributed by atoms with Crippen molar-refractivity contribution in [3.63, 3.8) is 0 Å². The molecular formula is C17H16F3NO4S. The minimum absolute atomic E-state index is 0.0167. The van der Waals surface area contributed by atoms with Crippen LogP contribution in [0, 0.1) is 0 Å². The van der Waals surface area contributed by atoms with Gasteiger partial charge < -0.3 is 4.74 Å². The predicted octanol–water partition coefficient (Wildman–Crippen LogP) is 4.07. The number of esters is 1. The minimum Gasteiger partial charge on any atom is -0.459 e. The van der Waals surface area contributed by atoms with Crippen LogP contribution in [-0.2, 0) is 20.9 Å². The van der Waals surface area contributed by atoms with Crippen molar-refractivity contribution in [2.24, 2.45) is 0 Å². The molecule has 0 radical (unpaired) electrons. The number of rotatable bonds is 5. The number of ether oxygens (including phenoxy) is 1. The molecule has 0 unspecified atom stereocenters.